The highest BCUT2D eigenvalue weighted by Gasteiger charge is 2.14. The second-order valence-corrected chi connectivity index (χ2v) is 8.91. The van der Waals surface area contributed by atoms with Crippen LogP contribution in [-0.4, -0.2) is 26.4 Å². The molecule has 0 bridgehead atoms. The molecule has 6 nitrogen and oxygen atoms in total. The molecule has 0 aliphatic carbocycles. The maximum Gasteiger partial charge on any atom is 0.234 e. The minimum Gasteiger partial charge on any atom is -0.484 e. The Hall–Kier alpha value is -1.35. The van der Waals surface area contributed by atoms with E-state index in [1.54, 1.807) is 29.8 Å². The summed E-state index contributed by atoms with van der Waals surface area (Å²) in [6, 6.07) is 7.90. The number of nitrogens with one attached hydrogen (secondary N) is 1. The molecule has 0 aliphatic heterocycles. The Labute approximate surface area is 201 Å². The van der Waals surface area contributed by atoms with Crippen LogP contribution in [-0.2, 0) is 18.4 Å². The fourth-order valence-corrected chi connectivity index (χ4v) is 3.92. The van der Waals surface area contributed by atoms with Gasteiger partial charge in [-0.05, 0) is 24.3 Å². The van der Waals surface area contributed by atoms with E-state index in [1.807, 2.05) is 0 Å². The van der Waals surface area contributed by atoms with Crippen LogP contribution in [0.25, 0.3) is 0 Å². The summed E-state index contributed by atoms with van der Waals surface area (Å²) in [5.74, 6) is 0.802. The molecular weight excluding hydrogens is 514 g/mol. The van der Waals surface area contributed by atoms with E-state index in [0.717, 1.165) is 0 Å². The molecule has 0 unspecified atom stereocenters. The first-order valence-corrected chi connectivity index (χ1v) is 11.2. The van der Waals surface area contributed by atoms with Crippen molar-refractivity contribution < 1.29 is 9.53 Å². The normalized spacial score (nSPS) is 10.9. The molecule has 3 rings (SSSR count). The Kier molecular flexibility index (Phi) is 8.01. The summed E-state index contributed by atoms with van der Waals surface area (Å²) in [6.45, 7) is 0.134. The molecule has 3 aromatic rings. The summed E-state index contributed by atoms with van der Waals surface area (Å²) < 4.78 is 7.39. The van der Waals surface area contributed by atoms with E-state index in [0.29, 0.717) is 47.5 Å². The van der Waals surface area contributed by atoms with E-state index in [1.165, 1.54) is 23.9 Å². The molecule has 0 radical (unpaired) electrons. The zero-order chi connectivity index (χ0) is 21.8. The quantitative estimate of drug-likeness (QED) is 0.285. The summed E-state index contributed by atoms with van der Waals surface area (Å²) in [4.78, 5) is 12.3. The van der Waals surface area contributed by atoms with E-state index in [9.17, 15) is 4.79 Å². The van der Waals surface area contributed by atoms with Crippen LogP contribution >= 0.6 is 69.8 Å². The highest BCUT2D eigenvalue weighted by Crippen LogP contribution is 2.32. The average Bonchev–Trinajstić information content (AvgIpc) is 3.05. The number of hydrogen-bond donors (Lipinski definition) is 1. The zero-order valence-electron chi connectivity index (χ0n) is 15.3. The van der Waals surface area contributed by atoms with E-state index in [-0.39, 0.29) is 18.3 Å². The van der Waals surface area contributed by atoms with Crippen molar-refractivity contribution in [1.29, 1.82) is 0 Å². The van der Waals surface area contributed by atoms with Gasteiger partial charge in [0.15, 0.2) is 11.0 Å². The SMILES string of the molecule is Cn1c(COc2cc(Cl)ccc2Cl)nnc1SCC(=O)Nc1cc(Cl)c(Cl)cc1Cl. The van der Waals surface area contributed by atoms with Crippen LogP contribution in [0.1, 0.15) is 5.82 Å². The third-order valence-electron chi connectivity index (χ3n) is 3.79. The molecule has 12 heteroatoms. The van der Waals surface area contributed by atoms with Crippen molar-refractivity contribution in [2.24, 2.45) is 7.05 Å². The van der Waals surface area contributed by atoms with Crippen molar-refractivity contribution in [2.75, 3.05) is 11.1 Å². The van der Waals surface area contributed by atoms with Crippen LogP contribution in [0.2, 0.25) is 25.1 Å². The van der Waals surface area contributed by atoms with E-state index < -0.39 is 0 Å². The van der Waals surface area contributed by atoms with Gasteiger partial charge < -0.3 is 14.6 Å². The van der Waals surface area contributed by atoms with Gasteiger partial charge >= 0.3 is 0 Å². The van der Waals surface area contributed by atoms with Crippen LogP contribution in [0, 0.1) is 0 Å². The lowest BCUT2D eigenvalue weighted by molar-refractivity contribution is -0.113. The predicted molar refractivity (Wildman–Crippen MR) is 123 cm³/mol. The number of benzene rings is 2. The Morgan fingerprint density at radius 1 is 1.03 bits per heavy atom. The number of anilines is 1. The number of nitrogens with zero attached hydrogens (tertiary/aromatic N) is 3. The van der Waals surface area contributed by atoms with Crippen LogP contribution in [0.3, 0.4) is 0 Å². The molecule has 1 heterocycles. The standard InChI is InChI=1S/C18H13Cl5N4O2S/c1-27-16(7-29-15-4-9(19)2-3-10(15)20)25-26-18(27)30-8-17(28)24-14-6-12(22)11(21)5-13(14)23/h2-6H,7-8H2,1H3,(H,24,28). The summed E-state index contributed by atoms with van der Waals surface area (Å²) in [5.41, 5.74) is 0.377. The van der Waals surface area contributed by atoms with Crippen molar-refractivity contribution in [3.05, 3.63) is 61.3 Å². The van der Waals surface area contributed by atoms with Crippen molar-refractivity contribution in [1.82, 2.24) is 14.8 Å². The number of amides is 1. The number of carbonyl (C=O) groups is 1. The number of rotatable bonds is 7. The Balaban J connectivity index is 1.58. The smallest absolute Gasteiger partial charge is 0.234 e. The van der Waals surface area contributed by atoms with Gasteiger partial charge in [0.25, 0.3) is 0 Å². The predicted octanol–water partition coefficient (Wildman–Crippen LogP) is 6.39. The van der Waals surface area contributed by atoms with Gasteiger partial charge in [-0.1, -0.05) is 69.8 Å². The molecule has 2 aromatic carbocycles. The second kappa shape index (κ2) is 10.3. The molecule has 0 spiro atoms. The fourth-order valence-electron chi connectivity index (χ4n) is 2.26. The highest BCUT2D eigenvalue weighted by atomic mass is 35.5. The molecule has 0 atom stereocenters. The first-order chi connectivity index (χ1) is 14.2. The number of halogens is 5. The largest absolute Gasteiger partial charge is 0.484 e. The second-order valence-electron chi connectivity index (χ2n) is 5.90. The van der Waals surface area contributed by atoms with Crippen LogP contribution in [0.15, 0.2) is 35.5 Å². The van der Waals surface area contributed by atoms with Gasteiger partial charge in [0.2, 0.25) is 5.91 Å². The number of hydrogen-bond acceptors (Lipinski definition) is 5. The molecule has 0 aliphatic rings. The van der Waals surface area contributed by atoms with Gasteiger partial charge in [-0.25, -0.2) is 0 Å². The van der Waals surface area contributed by atoms with Crippen molar-refractivity contribution >= 4 is 81.4 Å². The topological polar surface area (TPSA) is 69.0 Å². The number of carbonyl (C=O) groups excluding carboxylic acids is 1. The minimum absolute atomic E-state index is 0.0868. The van der Waals surface area contributed by atoms with Gasteiger partial charge in [0, 0.05) is 18.1 Å². The van der Waals surface area contributed by atoms with E-state index in [4.69, 9.17) is 62.7 Å². The minimum atomic E-state index is -0.285. The zero-order valence-corrected chi connectivity index (χ0v) is 19.9. The van der Waals surface area contributed by atoms with Crippen molar-refractivity contribution in [2.45, 2.75) is 11.8 Å². The molecule has 1 N–H and O–H groups in total. The summed E-state index contributed by atoms with van der Waals surface area (Å²) in [7, 11) is 1.77. The molecule has 0 fully saturated rings. The maximum absolute atomic E-state index is 12.3. The average molecular weight is 527 g/mol. The molecule has 30 heavy (non-hydrogen) atoms. The van der Waals surface area contributed by atoms with Gasteiger partial charge in [0.05, 0.1) is 31.5 Å². The van der Waals surface area contributed by atoms with Crippen LogP contribution < -0.4 is 10.1 Å². The lowest BCUT2D eigenvalue weighted by Gasteiger charge is -2.09. The lowest BCUT2D eigenvalue weighted by Crippen LogP contribution is -2.15. The fraction of sp³-hybridized carbons (Fsp3) is 0.167. The van der Waals surface area contributed by atoms with E-state index >= 15 is 0 Å². The maximum atomic E-state index is 12.3. The summed E-state index contributed by atoms with van der Waals surface area (Å²) in [5, 5.41) is 13.2. The van der Waals surface area contributed by atoms with Gasteiger partial charge in [0.1, 0.15) is 12.4 Å². The molecule has 0 saturated carbocycles. The monoisotopic (exact) mass is 524 g/mol. The highest BCUT2D eigenvalue weighted by molar-refractivity contribution is 7.99. The number of thioether (sulfide) groups is 1. The van der Waals surface area contributed by atoms with Gasteiger partial charge in [-0.2, -0.15) is 0 Å². The van der Waals surface area contributed by atoms with E-state index in [2.05, 4.69) is 15.5 Å². The van der Waals surface area contributed by atoms with Gasteiger partial charge in [-0.3, -0.25) is 4.79 Å². The first kappa shape index (κ1) is 23.3. The Morgan fingerprint density at radius 3 is 2.53 bits per heavy atom. The van der Waals surface area contributed by atoms with Crippen LogP contribution in [0.4, 0.5) is 5.69 Å². The number of ether oxygens (including phenoxy) is 1. The van der Waals surface area contributed by atoms with Crippen molar-refractivity contribution in [3.63, 3.8) is 0 Å². The molecule has 1 amide bonds. The third kappa shape index (κ3) is 5.87. The lowest BCUT2D eigenvalue weighted by atomic mass is 10.3. The van der Waals surface area contributed by atoms with Crippen molar-refractivity contribution in [3.8, 4) is 5.75 Å². The molecule has 158 valence electrons. The third-order valence-corrected chi connectivity index (χ3v) is 6.39. The molecule has 0 saturated heterocycles. The first-order valence-electron chi connectivity index (χ1n) is 8.28. The summed E-state index contributed by atoms with van der Waals surface area (Å²) >= 11 is 31.2. The summed E-state index contributed by atoms with van der Waals surface area (Å²) in [6.07, 6.45) is 0. The number of aromatic nitrogens is 3. The van der Waals surface area contributed by atoms with Crippen LogP contribution in [0.5, 0.6) is 5.75 Å². The Bertz CT molecular complexity index is 1090. The molecular formula is C18H13Cl5N4O2S. The van der Waals surface area contributed by atoms with Gasteiger partial charge in [-0.15, -0.1) is 10.2 Å². The Morgan fingerprint density at radius 2 is 1.77 bits per heavy atom. The molecule has 1 aromatic heterocycles.